The Morgan fingerprint density at radius 3 is 1.22 bits per heavy atom. The van der Waals surface area contributed by atoms with Crippen molar-refractivity contribution >= 4 is 35.8 Å². The summed E-state index contributed by atoms with van der Waals surface area (Å²) in [5.41, 5.74) is 15.5. The average molecular weight is 877 g/mol. The van der Waals surface area contributed by atoms with Crippen LogP contribution in [0, 0.1) is 11.8 Å². The number of likely N-dealkylation sites (tertiary alicyclic amines) is 2. The zero-order chi connectivity index (χ0) is 46.4. The first-order valence-electron chi connectivity index (χ1n) is 22.8. The van der Waals surface area contributed by atoms with E-state index in [1.807, 2.05) is 48.5 Å². The number of primary amides is 2. The molecule has 4 fully saturated rings. The van der Waals surface area contributed by atoms with Gasteiger partial charge in [0.25, 0.3) is 0 Å². The van der Waals surface area contributed by atoms with Crippen molar-refractivity contribution in [2.24, 2.45) is 23.3 Å². The fourth-order valence-electron chi connectivity index (χ4n) is 11.6. The minimum absolute atomic E-state index is 0.0611. The fourth-order valence-corrected chi connectivity index (χ4v) is 11.6. The number of hydrogen-bond acceptors (Lipinski definition) is 6. The minimum atomic E-state index is -1.43. The van der Waals surface area contributed by atoms with Crippen LogP contribution < -0.4 is 11.5 Å². The molecule has 2 unspecified atom stereocenters. The van der Waals surface area contributed by atoms with Crippen LogP contribution in [0.1, 0.15) is 136 Å². The van der Waals surface area contributed by atoms with Crippen LogP contribution in [0.3, 0.4) is 0 Å². The first-order valence-corrected chi connectivity index (χ1v) is 22.8. The van der Waals surface area contributed by atoms with Crippen molar-refractivity contribution < 1.29 is 39.0 Å². The van der Waals surface area contributed by atoms with Gasteiger partial charge in [0, 0.05) is 27.2 Å². The number of nitrogens with zero attached hydrogens (tertiary/aromatic N) is 4. The van der Waals surface area contributed by atoms with Crippen molar-refractivity contribution in [2.45, 2.75) is 126 Å². The molecule has 3 aromatic rings. The minimum Gasteiger partial charge on any atom is -0.465 e. The van der Waals surface area contributed by atoms with Gasteiger partial charge in [-0.15, -0.1) is 0 Å². The molecule has 6 amide bonds. The van der Waals surface area contributed by atoms with Crippen LogP contribution >= 0.6 is 0 Å². The van der Waals surface area contributed by atoms with Gasteiger partial charge in [0.05, 0.1) is 0 Å². The van der Waals surface area contributed by atoms with E-state index in [-0.39, 0.29) is 42.7 Å². The zero-order valence-corrected chi connectivity index (χ0v) is 37.9. The van der Waals surface area contributed by atoms with Crippen molar-refractivity contribution in [2.75, 3.05) is 27.2 Å². The predicted octanol–water partition coefficient (Wildman–Crippen LogP) is 6.88. The Bertz CT molecular complexity index is 2130. The Hall–Kier alpha value is -5.92. The summed E-state index contributed by atoms with van der Waals surface area (Å²) in [6.45, 7) is 7.70. The molecule has 14 heteroatoms. The van der Waals surface area contributed by atoms with E-state index in [0.29, 0.717) is 42.7 Å². The van der Waals surface area contributed by atoms with Crippen LogP contribution in [0.2, 0.25) is 0 Å². The zero-order valence-electron chi connectivity index (χ0n) is 37.9. The molecule has 342 valence electrons. The van der Waals surface area contributed by atoms with Crippen LogP contribution in [-0.2, 0) is 30.3 Å². The summed E-state index contributed by atoms with van der Waals surface area (Å²) < 4.78 is 0. The molecule has 64 heavy (non-hydrogen) atoms. The van der Waals surface area contributed by atoms with Gasteiger partial charge in [0.1, 0.15) is 23.2 Å². The molecule has 2 heterocycles. The van der Waals surface area contributed by atoms with Crippen molar-refractivity contribution in [1.29, 1.82) is 0 Å². The van der Waals surface area contributed by atoms with Gasteiger partial charge in [-0.25, -0.2) is 9.59 Å². The molecule has 2 aliphatic heterocycles. The molecule has 2 saturated carbocycles. The number of carboxylic acid groups (broad SMARTS) is 2. The van der Waals surface area contributed by atoms with Crippen LogP contribution in [-0.4, -0.2) is 105 Å². The van der Waals surface area contributed by atoms with Crippen molar-refractivity contribution in [3.63, 3.8) is 0 Å². The molecule has 14 nitrogen and oxygen atoms in total. The van der Waals surface area contributed by atoms with E-state index in [1.54, 1.807) is 27.7 Å². The van der Waals surface area contributed by atoms with Gasteiger partial charge >= 0.3 is 12.2 Å². The lowest BCUT2D eigenvalue weighted by Crippen LogP contribution is -2.59. The lowest BCUT2D eigenvalue weighted by Gasteiger charge is -2.40. The quantitative estimate of drug-likeness (QED) is 0.134. The van der Waals surface area contributed by atoms with Crippen LogP contribution in [0.4, 0.5) is 9.59 Å². The van der Waals surface area contributed by atoms with Crippen molar-refractivity contribution in [1.82, 2.24) is 19.6 Å². The number of nitrogens with two attached hydrogens (primary N) is 2. The maximum atomic E-state index is 14.2. The van der Waals surface area contributed by atoms with Gasteiger partial charge in [-0.3, -0.25) is 29.0 Å². The van der Waals surface area contributed by atoms with Gasteiger partial charge < -0.3 is 31.5 Å². The van der Waals surface area contributed by atoms with Crippen LogP contribution in [0.25, 0.3) is 0 Å². The molecule has 7 rings (SSSR count). The molecule has 6 atom stereocenters. The number of rotatable bonds is 14. The summed E-state index contributed by atoms with van der Waals surface area (Å²) in [4.78, 5) is 84.5. The number of carbonyl (C=O) groups is 6. The Kier molecular flexibility index (Phi) is 12.9. The summed E-state index contributed by atoms with van der Waals surface area (Å²) >= 11 is 0. The molecule has 0 aromatic heterocycles. The van der Waals surface area contributed by atoms with E-state index in [9.17, 15) is 39.0 Å². The lowest BCUT2D eigenvalue weighted by molar-refractivity contribution is -0.148. The van der Waals surface area contributed by atoms with Crippen molar-refractivity contribution in [3.8, 4) is 0 Å². The molecule has 0 spiro atoms. The van der Waals surface area contributed by atoms with Gasteiger partial charge in [0.15, 0.2) is 0 Å². The Morgan fingerprint density at radius 2 is 0.906 bits per heavy atom. The SMILES string of the molecule is CC(C)[C@@H](C(=O)N1CCC[C@@]1(C(N)=O)c1ccc(C2CCC(c3ccc([C@]4(C(N)=O)CCCN4C(=O)[C@H](C(C)C)N(C)C(=O)O)cc3)C2c2ccc(C3CC3)cc2)cc1)N(C)C(=O)O. The standard InChI is InChI=1S/C50H64N6O8/c1-29(2)41(53(5)47(61)62)43(57)55-27-7-25-49(55,45(51)59)36-19-15-33(16-20-36)38-23-24-39(40(38)35-13-11-32(12-14-35)31-9-10-31)34-17-21-37(22-18-34)50(46(52)60)26-8-28-56(50)44(58)42(30(3)4)54(6)48(63)64/h11-22,29-31,38-42H,7-10,23-28H2,1-6H3,(H2,51,59)(H2,52,60)(H,61,62)(H,63,64)/t38?,39?,40?,41-,42-,49-,50-/m0/s1. The highest BCUT2D eigenvalue weighted by molar-refractivity contribution is 5.96. The number of benzene rings is 3. The molecule has 6 N–H and O–H groups in total. The number of likely N-dealkylation sites (N-methyl/N-ethyl adjacent to an activating group) is 2. The Balaban J connectivity index is 1.21. The van der Waals surface area contributed by atoms with E-state index in [2.05, 4.69) is 24.3 Å². The first-order chi connectivity index (χ1) is 30.4. The Morgan fingerprint density at radius 1 is 0.562 bits per heavy atom. The topological polar surface area (TPSA) is 208 Å². The van der Waals surface area contributed by atoms with Gasteiger partial charge in [-0.1, -0.05) is 100 Å². The second kappa shape index (κ2) is 17.9. The summed E-state index contributed by atoms with van der Waals surface area (Å²) in [5, 5.41) is 19.6. The maximum absolute atomic E-state index is 14.2. The number of hydrogen-bond donors (Lipinski definition) is 4. The lowest BCUT2D eigenvalue weighted by atomic mass is 9.76. The molecule has 2 saturated heterocycles. The molecular formula is C50H64N6O8. The smallest absolute Gasteiger partial charge is 0.407 e. The summed E-state index contributed by atoms with van der Waals surface area (Å²) in [6.07, 6.45) is 3.39. The predicted molar refractivity (Wildman–Crippen MR) is 241 cm³/mol. The monoisotopic (exact) mass is 876 g/mol. The van der Waals surface area contributed by atoms with E-state index in [4.69, 9.17) is 11.5 Å². The van der Waals surface area contributed by atoms with Gasteiger partial charge in [0.2, 0.25) is 23.6 Å². The molecule has 0 radical (unpaired) electrons. The normalized spacial score (nSPS) is 25.3. The van der Waals surface area contributed by atoms with E-state index in [0.717, 1.165) is 33.8 Å². The average Bonchev–Trinajstić information content (AvgIpc) is 3.62. The highest BCUT2D eigenvalue weighted by atomic mass is 16.4. The van der Waals surface area contributed by atoms with Crippen LogP contribution in [0.15, 0.2) is 72.8 Å². The first kappa shape index (κ1) is 46.1. The highest BCUT2D eigenvalue weighted by Gasteiger charge is 2.54. The second-order valence-electron chi connectivity index (χ2n) is 19.3. The summed E-state index contributed by atoms with van der Waals surface area (Å²) in [7, 11) is 2.75. The molecule has 4 aliphatic rings. The van der Waals surface area contributed by atoms with E-state index in [1.165, 1.54) is 47.9 Å². The summed E-state index contributed by atoms with van der Waals surface area (Å²) in [6, 6.07) is 22.8. The molecule has 3 aromatic carbocycles. The maximum Gasteiger partial charge on any atom is 0.407 e. The van der Waals surface area contributed by atoms with Crippen molar-refractivity contribution in [3.05, 3.63) is 106 Å². The molecular weight excluding hydrogens is 813 g/mol. The molecule has 0 bridgehead atoms. The largest absolute Gasteiger partial charge is 0.465 e. The third kappa shape index (κ3) is 7.97. The van der Waals surface area contributed by atoms with Gasteiger partial charge in [-0.05, 0) is 120 Å². The van der Waals surface area contributed by atoms with E-state index >= 15 is 0 Å². The number of amides is 6. The third-order valence-corrected chi connectivity index (χ3v) is 15.0. The molecule has 2 aliphatic carbocycles. The van der Waals surface area contributed by atoms with Crippen LogP contribution in [0.5, 0.6) is 0 Å². The Labute approximate surface area is 375 Å². The second-order valence-corrected chi connectivity index (χ2v) is 19.3. The summed E-state index contributed by atoms with van der Waals surface area (Å²) in [5.74, 6) is -2.04. The number of carbonyl (C=O) groups excluding carboxylic acids is 4. The van der Waals surface area contributed by atoms with E-state index < -0.39 is 59.0 Å². The fraction of sp³-hybridized carbons (Fsp3) is 0.520. The highest BCUT2D eigenvalue weighted by Crippen LogP contribution is 2.55. The van der Waals surface area contributed by atoms with Gasteiger partial charge in [-0.2, -0.15) is 0 Å². The third-order valence-electron chi connectivity index (χ3n) is 15.0.